The van der Waals surface area contributed by atoms with Crippen molar-refractivity contribution in [3.8, 4) is 22.5 Å². The Morgan fingerprint density at radius 1 is 0.667 bits per heavy atom. The molecule has 0 spiro atoms. The summed E-state index contributed by atoms with van der Waals surface area (Å²) >= 11 is 2.74. The van der Waals surface area contributed by atoms with Crippen molar-refractivity contribution >= 4 is 44.8 Å². The molecule has 2 amide bonds. The van der Waals surface area contributed by atoms with Crippen molar-refractivity contribution in [3.63, 3.8) is 0 Å². The van der Waals surface area contributed by atoms with E-state index in [-0.39, 0.29) is 11.8 Å². The van der Waals surface area contributed by atoms with Gasteiger partial charge in [0.2, 0.25) is 0 Å². The van der Waals surface area contributed by atoms with E-state index in [1.165, 1.54) is 33.8 Å². The van der Waals surface area contributed by atoms with E-state index in [0.29, 0.717) is 33.2 Å². The van der Waals surface area contributed by atoms with Crippen LogP contribution in [-0.4, -0.2) is 21.8 Å². The molecular formula is C34H34N4O2S2. The van der Waals surface area contributed by atoms with Gasteiger partial charge in [0.1, 0.15) is 0 Å². The van der Waals surface area contributed by atoms with E-state index in [1.54, 1.807) is 24.3 Å². The summed E-state index contributed by atoms with van der Waals surface area (Å²) in [5, 5.41) is 10.6. The van der Waals surface area contributed by atoms with Crippen LogP contribution in [-0.2, 0) is 0 Å². The summed E-state index contributed by atoms with van der Waals surface area (Å²) in [4.78, 5) is 35.2. The smallest absolute Gasteiger partial charge is 0.257 e. The minimum Gasteiger partial charge on any atom is -0.298 e. The number of rotatable bonds is 10. The third kappa shape index (κ3) is 6.83. The third-order valence-electron chi connectivity index (χ3n) is 7.61. The Morgan fingerprint density at radius 3 is 1.45 bits per heavy atom. The van der Waals surface area contributed by atoms with Crippen LogP contribution in [0.4, 0.5) is 10.3 Å². The summed E-state index contributed by atoms with van der Waals surface area (Å²) in [6.07, 6.45) is 2.18. The van der Waals surface area contributed by atoms with Crippen molar-refractivity contribution in [2.75, 3.05) is 10.6 Å². The first-order valence-corrected chi connectivity index (χ1v) is 15.9. The van der Waals surface area contributed by atoms with Crippen LogP contribution in [0.15, 0.2) is 83.6 Å². The number of carbonyl (C=O) groups is 2. The average molecular weight is 595 g/mol. The van der Waals surface area contributed by atoms with Crippen molar-refractivity contribution < 1.29 is 9.59 Å². The molecule has 0 fully saturated rings. The molecule has 214 valence electrons. The fraction of sp³-hybridized carbons (Fsp3) is 0.235. The minimum atomic E-state index is -0.324. The zero-order valence-corrected chi connectivity index (χ0v) is 25.8. The van der Waals surface area contributed by atoms with Crippen LogP contribution in [0.5, 0.6) is 0 Å². The number of nitrogens with zero attached hydrogens (tertiary/aromatic N) is 2. The molecule has 5 aromatic rings. The molecule has 2 atom stereocenters. The minimum absolute atomic E-state index is 0.324. The zero-order valence-electron chi connectivity index (χ0n) is 24.2. The second-order valence-corrected chi connectivity index (χ2v) is 12.1. The van der Waals surface area contributed by atoms with E-state index in [0.717, 1.165) is 35.4 Å². The van der Waals surface area contributed by atoms with Crippen LogP contribution in [0.1, 0.15) is 84.2 Å². The van der Waals surface area contributed by atoms with E-state index in [2.05, 4.69) is 96.8 Å². The Kier molecular flexibility index (Phi) is 9.25. The van der Waals surface area contributed by atoms with Crippen molar-refractivity contribution in [1.29, 1.82) is 0 Å². The Labute approximate surface area is 254 Å². The highest BCUT2D eigenvalue weighted by Gasteiger charge is 2.15. The molecule has 2 heterocycles. The monoisotopic (exact) mass is 594 g/mol. The van der Waals surface area contributed by atoms with Crippen molar-refractivity contribution in [2.45, 2.75) is 52.4 Å². The van der Waals surface area contributed by atoms with Crippen LogP contribution in [0.2, 0.25) is 0 Å². The summed E-state index contributed by atoms with van der Waals surface area (Å²) in [5.74, 6) is 0.377. The summed E-state index contributed by atoms with van der Waals surface area (Å²) in [6, 6.07) is 23.4. The standard InChI is InChI=1S/C34H34N4O2S2/c1-5-21(3)23-10-14-25(15-11-23)29-19-41-33(35-29)37-31(39)27-8-7-9-28(18-27)32(40)38-34-36-30(20-42-34)26-16-12-24(13-17-26)22(4)6-2/h7-22H,5-6H2,1-4H3,(H,35,37,39)(H,36,38,40). The molecule has 2 N–H and O–H groups in total. The van der Waals surface area contributed by atoms with Crippen LogP contribution in [0.3, 0.4) is 0 Å². The molecule has 2 unspecified atom stereocenters. The van der Waals surface area contributed by atoms with Crippen LogP contribution >= 0.6 is 22.7 Å². The van der Waals surface area contributed by atoms with Gasteiger partial charge in [-0.25, -0.2) is 9.97 Å². The number of benzene rings is 3. The van der Waals surface area contributed by atoms with Crippen molar-refractivity contribution in [2.24, 2.45) is 0 Å². The topological polar surface area (TPSA) is 84.0 Å². The van der Waals surface area contributed by atoms with Crippen molar-refractivity contribution in [3.05, 3.63) is 106 Å². The number of aromatic nitrogens is 2. The van der Waals surface area contributed by atoms with Gasteiger partial charge in [0.05, 0.1) is 11.4 Å². The number of carbonyl (C=O) groups excluding carboxylic acids is 2. The van der Waals surface area contributed by atoms with E-state index in [1.807, 2.05) is 10.8 Å². The fourth-order valence-electron chi connectivity index (χ4n) is 4.50. The van der Waals surface area contributed by atoms with E-state index < -0.39 is 0 Å². The molecule has 8 heteroatoms. The fourth-order valence-corrected chi connectivity index (χ4v) is 5.93. The molecule has 0 saturated carbocycles. The largest absolute Gasteiger partial charge is 0.298 e. The first kappa shape index (κ1) is 29.4. The van der Waals surface area contributed by atoms with Gasteiger partial charge in [-0.15, -0.1) is 22.7 Å². The normalized spacial score (nSPS) is 12.5. The van der Waals surface area contributed by atoms with Gasteiger partial charge < -0.3 is 0 Å². The Balaban J connectivity index is 1.21. The summed E-state index contributed by atoms with van der Waals surface area (Å²) in [7, 11) is 0. The molecule has 2 aromatic heterocycles. The average Bonchev–Trinajstić information content (AvgIpc) is 3.70. The van der Waals surface area contributed by atoms with Gasteiger partial charge in [-0.2, -0.15) is 0 Å². The lowest BCUT2D eigenvalue weighted by Gasteiger charge is -2.09. The molecule has 5 rings (SSSR count). The maximum Gasteiger partial charge on any atom is 0.257 e. The molecule has 0 radical (unpaired) electrons. The molecule has 0 aliphatic rings. The lowest BCUT2D eigenvalue weighted by Crippen LogP contribution is -2.15. The summed E-state index contributed by atoms with van der Waals surface area (Å²) < 4.78 is 0. The highest BCUT2D eigenvalue weighted by Crippen LogP contribution is 2.29. The Hall–Kier alpha value is -4.14. The highest BCUT2D eigenvalue weighted by molar-refractivity contribution is 7.14. The van der Waals surface area contributed by atoms with Gasteiger partial charge in [0.15, 0.2) is 10.3 Å². The highest BCUT2D eigenvalue weighted by atomic mass is 32.1. The second-order valence-electron chi connectivity index (χ2n) is 10.4. The molecule has 0 bridgehead atoms. The molecule has 42 heavy (non-hydrogen) atoms. The number of hydrogen-bond acceptors (Lipinski definition) is 6. The van der Waals surface area contributed by atoms with Gasteiger partial charge in [0.25, 0.3) is 11.8 Å². The van der Waals surface area contributed by atoms with Crippen LogP contribution in [0, 0.1) is 0 Å². The van der Waals surface area contributed by atoms with E-state index in [9.17, 15) is 9.59 Å². The van der Waals surface area contributed by atoms with Gasteiger partial charge in [-0.3, -0.25) is 20.2 Å². The number of amides is 2. The van der Waals surface area contributed by atoms with Crippen LogP contribution < -0.4 is 10.6 Å². The molecular weight excluding hydrogens is 561 g/mol. The SMILES string of the molecule is CCC(C)c1ccc(-c2csc(NC(=O)c3cccc(C(=O)Nc4nc(-c5ccc(C(C)CC)cc5)cs4)c3)n2)cc1. The van der Waals surface area contributed by atoms with Gasteiger partial charge in [-0.1, -0.05) is 82.3 Å². The quantitative estimate of drug-likeness (QED) is 0.169. The van der Waals surface area contributed by atoms with E-state index in [4.69, 9.17) is 0 Å². The van der Waals surface area contributed by atoms with Crippen LogP contribution in [0.25, 0.3) is 22.5 Å². The van der Waals surface area contributed by atoms with E-state index >= 15 is 0 Å². The lowest BCUT2D eigenvalue weighted by molar-refractivity contribution is 0.102. The maximum absolute atomic E-state index is 13.0. The first-order chi connectivity index (χ1) is 20.3. The van der Waals surface area contributed by atoms with Gasteiger partial charge in [-0.05, 0) is 54.0 Å². The summed E-state index contributed by atoms with van der Waals surface area (Å²) in [5.41, 5.74) is 6.99. The molecule has 3 aromatic carbocycles. The molecule has 6 nitrogen and oxygen atoms in total. The first-order valence-electron chi connectivity index (χ1n) is 14.2. The van der Waals surface area contributed by atoms with Gasteiger partial charge in [0, 0.05) is 33.0 Å². The summed E-state index contributed by atoms with van der Waals surface area (Å²) in [6.45, 7) is 8.79. The van der Waals surface area contributed by atoms with Gasteiger partial charge >= 0.3 is 0 Å². The zero-order chi connectivity index (χ0) is 29.6. The number of thiazole rings is 2. The molecule has 0 aliphatic carbocycles. The number of hydrogen-bond donors (Lipinski definition) is 2. The Morgan fingerprint density at radius 2 is 1.07 bits per heavy atom. The molecule has 0 saturated heterocycles. The second kappa shape index (κ2) is 13.2. The lowest BCUT2D eigenvalue weighted by atomic mass is 9.97. The third-order valence-corrected chi connectivity index (χ3v) is 9.13. The van der Waals surface area contributed by atoms with Crippen molar-refractivity contribution in [1.82, 2.24) is 9.97 Å². The maximum atomic E-state index is 13.0. The molecule has 0 aliphatic heterocycles. The number of anilines is 2. The predicted molar refractivity (Wildman–Crippen MR) is 175 cm³/mol. The number of nitrogens with one attached hydrogen (secondary N) is 2. The predicted octanol–water partition coefficient (Wildman–Crippen LogP) is 9.47. The Bertz CT molecular complexity index is 1550.